The lowest BCUT2D eigenvalue weighted by molar-refractivity contribution is -0.130. The number of nitrogens with one attached hydrogen (secondary N) is 1. The smallest absolute Gasteiger partial charge is 0.248 e. The summed E-state index contributed by atoms with van der Waals surface area (Å²) in [7, 11) is 3.68. The topological polar surface area (TPSA) is 41.6 Å². The molecular weight excluding hydrogens is 192 g/mol. The second-order valence-electron chi connectivity index (χ2n) is 4.39. The summed E-state index contributed by atoms with van der Waals surface area (Å²) in [6.45, 7) is 4.81. The number of hydrogen-bond donors (Lipinski definition) is 1. The van der Waals surface area contributed by atoms with E-state index in [-0.39, 0.29) is 12.0 Å². The Kier molecular flexibility index (Phi) is 5.05. The Balaban J connectivity index is 2.21. The van der Waals surface area contributed by atoms with Crippen LogP contribution in [-0.4, -0.2) is 50.7 Å². The SMILES string of the molecule is COC(C)C(=O)NCC1CCCN(C)C1. The van der Waals surface area contributed by atoms with Gasteiger partial charge in [0.25, 0.3) is 0 Å². The number of nitrogens with zero attached hydrogens (tertiary/aromatic N) is 1. The van der Waals surface area contributed by atoms with E-state index in [4.69, 9.17) is 4.74 Å². The molecule has 1 fully saturated rings. The molecule has 0 saturated carbocycles. The maximum absolute atomic E-state index is 11.4. The Morgan fingerprint density at radius 1 is 1.67 bits per heavy atom. The minimum Gasteiger partial charge on any atom is -0.372 e. The van der Waals surface area contributed by atoms with Gasteiger partial charge in [0.2, 0.25) is 5.91 Å². The summed E-state index contributed by atoms with van der Waals surface area (Å²) in [5.41, 5.74) is 0. The summed E-state index contributed by atoms with van der Waals surface area (Å²) < 4.78 is 4.95. The third kappa shape index (κ3) is 4.18. The van der Waals surface area contributed by atoms with Crippen LogP contribution in [0.15, 0.2) is 0 Å². The van der Waals surface area contributed by atoms with Crippen molar-refractivity contribution in [2.45, 2.75) is 25.9 Å². The Bertz CT molecular complexity index is 209. The highest BCUT2D eigenvalue weighted by molar-refractivity contribution is 5.80. The van der Waals surface area contributed by atoms with Crippen molar-refractivity contribution in [2.24, 2.45) is 5.92 Å². The minimum absolute atomic E-state index is 0.00859. The van der Waals surface area contributed by atoms with Gasteiger partial charge in [0.15, 0.2) is 0 Å². The highest BCUT2D eigenvalue weighted by atomic mass is 16.5. The third-order valence-electron chi connectivity index (χ3n) is 3.01. The van der Waals surface area contributed by atoms with Gasteiger partial charge in [-0.1, -0.05) is 0 Å². The molecule has 0 aromatic rings. The van der Waals surface area contributed by atoms with Crippen LogP contribution < -0.4 is 5.32 Å². The molecule has 4 nitrogen and oxygen atoms in total. The van der Waals surface area contributed by atoms with E-state index >= 15 is 0 Å². The molecule has 0 aromatic carbocycles. The summed E-state index contributed by atoms with van der Waals surface area (Å²) in [5.74, 6) is 0.586. The Morgan fingerprint density at radius 3 is 3.00 bits per heavy atom. The number of ether oxygens (including phenoxy) is 1. The molecule has 0 spiro atoms. The van der Waals surface area contributed by atoms with Gasteiger partial charge in [-0.25, -0.2) is 0 Å². The molecule has 0 radical (unpaired) electrons. The van der Waals surface area contributed by atoms with Gasteiger partial charge in [0.05, 0.1) is 0 Å². The van der Waals surface area contributed by atoms with E-state index in [9.17, 15) is 4.79 Å². The number of carbonyl (C=O) groups excluding carboxylic acids is 1. The first kappa shape index (κ1) is 12.5. The molecule has 0 aromatic heterocycles. The Morgan fingerprint density at radius 2 is 2.40 bits per heavy atom. The summed E-state index contributed by atoms with van der Waals surface area (Å²) in [6, 6.07) is 0. The molecule has 0 bridgehead atoms. The van der Waals surface area contributed by atoms with Crippen molar-refractivity contribution < 1.29 is 9.53 Å². The van der Waals surface area contributed by atoms with E-state index in [2.05, 4.69) is 17.3 Å². The van der Waals surface area contributed by atoms with Crippen molar-refractivity contribution in [2.75, 3.05) is 33.8 Å². The van der Waals surface area contributed by atoms with Gasteiger partial charge in [0, 0.05) is 20.2 Å². The number of amides is 1. The lowest BCUT2D eigenvalue weighted by Gasteiger charge is -2.29. The zero-order chi connectivity index (χ0) is 11.3. The fraction of sp³-hybridized carbons (Fsp3) is 0.909. The van der Waals surface area contributed by atoms with Crippen LogP contribution in [0, 0.1) is 5.92 Å². The molecule has 2 unspecified atom stereocenters. The number of hydrogen-bond acceptors (Lipinski definition) is 3. The second-order valence-corrected chi connectivity index (χ2v) is 4.39. The van der Waals surface area contributed by atoms with Crippen LogP contribution in [0.25, 0.3) is 0 Å². The summed E-state index contributed by atoms with van der Waals surface area (Å²) in [4.78, 5) is 13.8. The quantitative estimate of drug-likeness (QED) is 0.740. The maximum Gasteiger partial charge on any atom is 0.248 e. The Labute approximate surface area is 92.0 Å². The van der Waals surface area contributed by atoms with E-state index in [0.29, 0.717) is 5.92 Å². The molecule has 2 atom stereocenters. The number of rotatable bonds is 4. The average molecular weight is 214 g/mol. The average Bonchev–Trinajstić information content (AvgIpc) is 2.25. The van der Waals surface area contributed by atoms with Crippen molar-refractivity contribution in [1.82, 2.24) is 10.2 Å². The number of likely N-dealkylation sites (tertiary alicyclic amines) is 1. The first-order valence-electron chi connectivity index (χ1n) is 5.62. The van der Waals surface area contributed by atoms with E-state index in [1.165, 1.54) is 19.4 Å². The van der Waals surface area contributed by atoms with E-state index in [0.717, 1.165) is 13.1 Å². The van der Waals surface area contributed by atoms with Crippen LogP contribution in [-0.2, 0) is 9.53 Å². The molecule has 1 N–H and O–H groups in total. The zero-order valence-electron chi connectivity index (χ0n) is 9.95. The highest BCUT2D eigenvalue weighted by Crippen LogP contribution is 2.13. The van der Waals surface area contributed by atoms with Crippen LogP contribution in [0.1, 0.15) is 19.8 Å². The summed E-state index contributed by atoms with van der Waals surface area (Å²) >= 11 is 0. The molecule has 4 heteroatoms. The molecule has 1 rings (SSSR count). The molecule has 0 aliphatic carbocycles. The molecule has 1 amide bonds. The van der Waals surface area contributed by atoms with Crippen molar-refractivity contribution in [1.29, 1.82) is 0 Å². The molecule has 88 valence electrons. The second kappa shape index (κ2) is 6.08. The molecular formula is C11H22N2O2. The summed E-state index contributed by atoms with van der Waals surface area (Å²) in [5, 5.41) is 2.93. The van der Waals surface area contributed by atoms with E-state index in [1.54, 1.807) is 14.0 Å². The maximum atomic E-state index is 11.4. The van der Waals surface area contributed by atoms with Gasteiger partial charge in [0.1, 0.15) is 6.10 Å². The van der Waals surface area contributed by atoms with Gasteiger partial charge in [-0.15, -0.1) is 0 Å². The van der Waals surface area contributed by atoms with Gasteiger partial charge in [-0.05, 0) is 39.3 Å². The van der Waals surface area contributed by atoms with Gasteiger partial charge < -0.3 is 15.0 Å². The monoisotopic (exact) mass is 214 g/mol. The van der Waals surface area contributed by atoms with Crippen LogP contribution in [0.5, 0.6) is 0 Å². The van der Waals surface area contributed by atoms with Crippen molar-refractivity contribution in [3.63, 3.8) is 0 Å². The predicted octanol–water partition coefficient (Wildman–Crippen LogP) is 0.479. The lowest BCUT2D eigenvalue weighted by atomic mass is 9.98. The largest absolute Gasteiger partial charge is 0.372 e. The minimum atomic E-state index is -0.341. The van der Waals surface area contributed by atoms with Crippen LogP contribution in [0.3, 0.4) is 0 Å². The normalized spacial score (nSPS) is 24.9. The summed E-state index contributed by atoms with van der Waals surface area (Å²) in [6.07, 6.45) is 2.11. The third-order valence-corrected chi connectivity index (χ3v) is 3.01. The zero-order valence-corrected chi connectivity index (χ0v) is 9.95. The van der Waals surface area contributed by atoms with Gasteiger partial charge >= 0.3 is 0 Å². The molecule has 1 aliphatic heterocycles. The molecule has 15 heavy (non-hydrogen) atoms. The van der Waals surface area contributed by atoms with Crippen molar-refractivity contribution in [3.8, 4) is 0 Å². The van der Waals surface area contributed by atoms with Gasteiger partial charge in [-0.2, -0.15) is 0 Å². The standard InChI is InChI=1S/C11H22N2O2/c1-9(15-3)11(14)12-7-10-5-4-6-13(2)8-10/h9-10H,4-8H2,1-3H3,(H,12,14). The number of methoxy groups -OCH3 is 1. The van der Waals surface area contributed by atoms with Crippen LogP contribution >= 0.6 is 0 Å². The van der Waals surface area contributed by atoms with Crippen molar-refractivity contribution in [3.05, 3.63) is 0 Å². The fourth-order valence-corrected chi connectivity index (χ4v) is 1.94. The molecule has 1 saturated heterocycles. The van der Waals surface area contributed by atoms with Crippen LogP contribution in [0.4, 0.5) is 0 Å². The van der Waals surface area contributed by atoms with E-state index in [1.807, 2.05) is 0 Å². The molecule has 1 heterocycles. The highest BCUT2D eigenvalue weighted by Gasteiger charge is 2.19. The van der Waals surface area contributed by atoms with Crippen molar-refractivity contribution >= 4 is 5.91 Å². The van der Waals surface area contributed by atoms with Gasteiger partial charge in [-0.3, -0.25) is 4.79 Å². The van der Waals surface area contributed by atoms with Crippen LogP contribution in [0.2, 0.25) is 0 Å². The number of carbonyl (C=O) groups is 1. The molecule has 1 aliphatic rings. The predicted molar refractivity (Wildman–Crippen MR) is 59.7 cm³/mol. The first-order chi connectivity index (χ1) is 7.13. The van der Waals surface area contributed by atoms with E-state index < -0.39 is 0 Å². The lowest BCUT2D eigenvalue weighted by Crippen LogP contribution is -2.41. The number of piperidine rings is 1. The fourth-order valence-electron chi connectivity index (χ4n) is 1.94. The first-order valence-corrected chi connectivity index (χ1v) is 5.62. The Hall–Kier alpha value is -0.610.